The van der Waals surface area contributed by atoms with Crippen molar-refractivity contribution in [3.63, 3.8) is 0 Å². The van der Waals surface area contributed by atoms with Crippen molar-refractivity contribution in [1.82, 2.24) is 14.9 Å². The van der Waals surface area contributed by atoms with Crippen molar-refractivity contribution in [2.24, 2.45) is 0 Å². The first-order chi connectivity index (χ1) is 14.0. The van der Waals surface area contributed by atoms with E-state index in [1.165, 1.54) is 13.2 Å². The molecule has 0 spiro atoms. The number of halogens is 3. The number of hydrogen-bond donors (Lipinski definition) is 1. The molecule has 0 saturated carbocycles. The number of nitrogens with zero attached hydrogens (tertiary/aromatic N) is 2. The number of methoxy groups -OCH3 is 1. The maximum atomic E-state index is 13.0. The number of ether oxygens (including phenoxy) is 1. The summed E-state index contributed by atoms with van der Waals surface area (Å²) in [7, 11) is 1.50. The molecule has 2 aromatic carbocycles. The fourth-order valence-corrected chi connectivity index (χ4v) is 3.10. The van der Waals surface area contributed by atoms with E-state index < -0.39 is 23.2 Å². The normalized spacial score (nSPS) is 12.0. The molecule has 3 rings (SSSR count). The summed E-state index contributed by atoms with van der Waals surface area (Å²) >= 11 is 0. The molecule has 1 aromatic heterocycles. The number of aromatic nitrogens is 2. The van der Waals surface area contributed by atoms with Crippen LogP contribution in [-0.4, -0.2) is 22.6 Å². The first-order valence-electron chi connectivity index (χ1n) is 9.20. The number of aryl methyl sites for hydroxylation is 1. The first-order valence-corrected chi connectivity index (χ1v) is 9.20. The average Bonchev–Trinajstić information content (AvgIpc) is 3.12. The van der Waals surface area contributed by atoms with Crippen molar-refractivity contribution in [3.8, 4) is 11.4 Å². The van der Waals surface area contributed by atoms with Crippen molar-refractivity contribution >= 4 is 5.91 Å². The van der Waals surface area contributed by atoms with Crippen LogP contribution < -0.4 is 10.1 Å². The van der Waals surface area contributed by atoms with Gasteiger partial charge in [0, 0.05) is 11.8 Å². The molecule has 0 aliphatic heterocycles. The zero-order chi connectivity index (χ0) is 22.1. The summed E-state index contributed by atoms with van der Waals surface area (Å²) in [6.07, 6.45) is -0.983. The van der Waals surface area contributed by atoms with Crippen LogP contribution in [0.4, 0.5) is 13.2 Å². The number of nitrogens with one attached hydrogen (secondary N) is 1. The van der Waals surface area contributed by atoms with Crippen molar-refractivity contribution in [1.29, 1.82) is 0 Å². The lowest BCUT2D eigenvalue weighted by Gasteiger charge is -2.28. The Morgan fingerprint density at radius 2 is 1.80 bits per heavy atom. The summed E-state index contributed by atoms with van der Waals surface area (Å²) in [6, 6.07) is 9.88. The second-order valence-electron chi connectivity index (χ2n) is 7.47. The maximum Gasteiger partial charge on any atom is 0.416 e. The van der Waals surface area contributed by atoms with Gasteiger partial charge in [0.15, 0.2) is 0 Å². The highest BCUT2D eigenvalue weighted by Crippen LogP contribution is 2.32. The molecule has 0 fully saturated rings. The fraction of sp³-hybridized carbons (Fsp3) is 0.273. The van der Waals surface area contributed by atoms with Crippen LogP contribution in [0.25, 0.3) is 5.69 Å². The van der Waals surface area contributed by atoms with Gasteiger partial charge in [-0.3, -0.25) is 4.79 Å². The summed E-state index contributed by atoms with van der Waals surface area (Å²) in [4.78, 5) is 17.0. The van der Waals surface area contributed by atoms with Gasteiger partial charge in [-0.2, -0.15) is 13.2 Å². The van der Waals surface area contributed by atoms with E-state index in [1.807, 2.05) is 13.1 Å². The molecule has 0 aliphatic rings. The Hall–Kier alpha value is -3.29. The van der Waals surface area contributed by atoms with E-state index in [-0.39, 0.29) is 0 Å². The molecule has 158 valence electrons. The van der Waals surface area contributed by atoms with Crippen LogP contribution >= 0.6 is 0 Å². The Balaban J connectivity index is 1.86. The van der Waals surface area contributed by atoms with E-state index in [2.05, 4.69) is 10.3 Å². The third kappa shape index (κ3) is 4.48. The summed E-state index contributed by atoms with van der Waals surface area (Å²) in [5.74, 6) is 0.0426. The predicted octanol–water partition coefficient (Wildman–Crippen LogP) is 4.87. The molecule has 0 aliphatic carbocycles. The van der Waals surface area contributed by atoms with Gasteiger partial charge in [0.1, 0.15) is 5.75 Å². The van der Waals surface area contributed by atoms with Crippen molar-refractivity contribution in [2.75, 3.05) is 7.11 Å². The summed E-state index contributed by atoms with van der Waals surface area (Å²) in [5.41, 5.74) is 0.444. The third-order valence-corrected chi connectivity index (χ3v) is 4.77. The quantitative estimate of drug-likeness (QED) is 0.644. The van der Waals surface area contributed by atoms with Gasteiger partial charge in [0.25, 0.3) is 5.91 Å². The molecular weight excluding hydrogens is 395 g/mol. The lowest BCUT2D eigenvalue weighted by Crippen LogP contribution is -2.41. The van der Waals surface area contributed by atoms with Gasteiger partial charge < -0.3 is 14.6 Å². The molecule has 0 unspecified atom stereocenters. The molecule has 0 radical (unpaired) electrons. The molecule has 1 amide bonds. The average molecular weight is 417 g/mol. The van der Waals surface area contributed by atoms with E-state index in [4.69, 9.17) is 4.74 Å². The Bertz CT molecular complexity index is 1070. The SMILES string of the molecule is COc1cc(C(=O)NC(C)(C)c2cccc(C(F)(F)F)c2)ccc1-n1cnc(C)c1. The van der Waals surface area contributed by atoms with Gasteiger partial charge >= 0.3 is 6.18 Å². The van der Waals surface area contributed by atoms with Crippen LogP contribution in [0.2, 0.25) is 0 Å². The van der Waals surface area contributed by atoms with Crippen molar-refractivity contribution in [2.45, 2.75) is 32.5 Å². The zero-order valence-corrected chi connectivity index (χ0v) is 17.0. The predicted molar refractivity (Wildman–Crippen MR) is 107 cm³/mol. The van der Waals surface area contributed by atoms with E-state index >= 15 is 0 Å². The summed E-state index contributed by atoms with van der Waals surface area (Å²) in [5, 5.41) is 2.80. The highest BCUT2D eigenvalue weighted by Gasteiger charge is 2.32. The zero-order valence-electron chi connectivity index (χ0n) is 17.0. The van der Waals surface area contributed by atoms with E-state index in [9.17, 15) is 18.0 Å². The highest BCUT2D eigenvalue weighted by atomic mass is 19.4. The van der Waals surface area contributed by atoms with Crippen LogP contribution in [0.3, 0.4) is 0 Å². The molecular formula is C22H22F3N3O2. The molecule has 3 aromatic rings. The smallest absolute Gasteiger partial charge is 0.416 e. The molecule has 1 heterocycles. The van der Waals surface area contributed by atoms with Crippen LogP contribution in [0.15, 0.2) is 55.0 Å². The van der Waals surface area contributed by atoms with Crippen molar-refractivity contribution < 1.29 is 22.7 Å². The minimum Gasteiger partial charge on any atom is -0.495 e. The number of carbonyl (C=O) groups is 1. The monoisotopic (exact) mass is 417 g/mol. The van der Waals surface area contributed by atoms with Crippen LogP contribution in [-0.2, 0) is 11.7 Å². The van der Waals surface area contributed by atoms with Gasteiger partial charge in [-0.05, 0) is 56.7 Å². The highest BCUT2D eigenvalue weighted by molar-refractivity contribution is 5.95. The second kappa shape index (κ2) is 7.85. The minimum atomic E-state index is -4.45. The lowest BCUT2D eigenvalue weighted by atomic mass is 9.92. The fourth-order valence-electron chi connectivity index (χ4n) is 3.10. The van der Waals surface area contributed by atoms with E-state index in [0.717, 1.165) is 17.8 Å². The minimum absolute atomic E-state index is 0.326. The Morgan fingerprint density at radius 3 is 2.40 bits per heavy atom. The molecule has 1 N–H and O–H groups in total. The van der Waals surface area contributed by atoms with Gasteiger partial charge in [-0.1, -0.05) is 12.1 Å². The second-order valence-corrected chi connectivity index (χ2v) is 7.47. The molecule has 0 atom stereocenters. The Morgan fingerprint density at radius 1 is 1.10 bits per heavy atom. The molecule has 30 heavy (non-hydrogen) atoms. The number of rotatable bonds is 5. The standard InChI is InChI=1S/C22H22F3N3O2/c1-14-12-28(13-26-14)18-9-8-15(10-19(18)30-4)20(29)27-21(2,3)16-6-5-7-17(11-16)22(23,24)25/h5-13H,1-4H3,(H,27,29). The third-order valence-electron chi connectivity index (χ3n) is 4.77. The van der Waals surface area contributed by atoms with E-state index in [0.29, 0.717) is 22.6 Å². The van der Waals surface area contributed by atoms with Gasteiger partial charge in [0.05, 0.1) is 35.9 Å². The number of benzene rings is 2. The lowest BCUT2D eigenvalue weighted by molar-refractivity contribution is -0.137. The van der Waals surface area contributed by atoms with Crippen LogP contribution in [0.1, 0.15) is 41.0 Å². The summed E-state index contributed by atoms with van der Waals surface area (Å²) < 4.78 is 46.3. The maximum absolute atomic E-state index is 13.0. The first kappa shape index (κ1) is 21.4. The van der Waals surface area contributed by atoms with Crippen molar-refractivity contribution in [3.05, 3.63) is 77.4 Å². The molecule has 0 bridgehead atoms. The van der Waals surface area contributed by atoms with Crippen LogP contribution in [0.5, 0.6) is 5.75 Å². The van der Waals surface area contributed by atoms with Gasteiger partial charge in [-0.25, -0.2) is 4.98 Å². The largest absolute Gasteiger partial charge is 0.495 e. The van der Waals surface area contributed by atoms with Gasteiger partial charge in [-0.15, -0.1) is 0 Å². The molecule has 5 nitrogen and oxygen atoms in total. The number of amides is 1. The Kier molecular flexibility index (Phi) is 5.61. The number of hydrogen-bond acceptors (Lipinski definition) is 3. The number of imidazole rings is 1. The molecule has 0 saturated heterocycles. The summed E-state index contributed by atoms with van der Waals surface area (Å²) in [6.45, 7) is 5.17. The van der Waals surface area contributed by atoms with Crippen LogP contribution in [0, 0.1) is 6.92 Å². The van der Waals surface area contributed by atoms with E-state index in [1.54, 1.807) is 49.0 Å². The topological polar surface area (TPSA) is 56.1 Å². The number of carbonyl (C=O) groups excluding carboxylic acids is 1. The number of alkyl halides is 3. The Labute approximate surface area is 172 Å². The van der Waals surface area contributed by atoms with Gasteiger partial charge in [0.2, 0.25) is 0 Å². The molecule has 8 heteroatoms.